The summed E-state index contributed by atoms with van der Waals surface area (Å²) in [6, 6.07) is 7.32. The number of aryl methyl sites for hydroxylation is 2. The largest absolute Gasteiger partial charge is 0.497 e. The van der Waals surface area contributed by atoms with Crippen LogP contribution in [0.25, 0.3) is 0 Å². The molecule has 1 aromatic heterocycles. The summed E-state index contributed by atoms with van der Waals surface area (Å²) in [5.74, 6) is 0.331. The van der Waals surface area contributed by atoms with Gasteiger partial charge in [0, 0.05) is 21.4 Å². The number of methoxy groups -OCH3 is 1. The minimum absolute atomic E-state index is 0.0830. The fourth-order valence-corrected chi connectivity index (χ4v) is 4.85. The molecule has 3 rings (SSSR count). The van der Waals surface area contributed by atoms with Crippen molar-refractivity contribution in [1.29, 1.82) is 0 Å². The highest BCUT2D eigenvalue weighted by molar-refractivity contribution is 9.09. The highest BCUT2D eigenvalue weighted by Gasteiger charge is 2.20. The Morgan fingerprint density at radius 1 is 1.19 bits per heavy atom. The van der Waals surface area contributed by atoms with Crippen LogP contribution in [0.1, 0.15) is 45.0 Å². The van der Waals surface area contributed by atoms with Gasteiger partial charge >= 0.3 is 0 Å². The van der Waals surface area contributed by atoms with Crippen molar-refractivity contribution < 1.29 is 9.13 Å². The van der Waals surface area contributed by atoms with Crippen LogP contribution < -0.4 is 4.74 Å². The maximum atomic E-state index is 14.2. The lowest BCUT2D eigenvalue weighted by Gasteiger charge is -2.10. The van der Waals surface area contributed by atoms with Crippen LogP contribution in [-0.4, -0.2) is 7.11 Å². The summed E-state index contributed by atoms with van der Waals surface area (Å²) in [7, 11) is 1.55. The number of alkyl halides is 1. The molecule has 0 saturated heterocycles. The predicted molar refractivity (Wildman–Crippen MR) is 89.3 cm³/mol. The van der Waals surface area contributed by atoms with Crippen molar-refractivity contribution in [3.8, 4) is 5.75 Å². The van der Waals surface area contributed by atoms with Gasteiger partial charge in [-0.15, -0.1) is 11.3 Å². The monoisotopic (exact) mass is 368 g/mol. The maximum Gasteiger partial charge on any atom is 0.131 e. The Kier molecular flexibility index (Phi) is 4.65. The van der Waals surface area contributed by atoms with Crippen LogP contribution in [0.3, 0.4) is 0 Å². The van der Waals surface area contributed by atoms with Gasteiger partial charge in [-0.2, -0.15) is 0 Å². The molecule has 0 aliphatic heterocycles. The molecule has 1 aliphatic rings. The molecule has 0 fully saturated rings. The number of ether oxygens (including phenoxy) is 1. The third kappa shape index (κ3) is 3.16. The van der Waals surface area contributed by atoms with E-state index >= 15 is 0 Å². The number of hydrogen-bond donors (Lipinski definition) is 0. The molecule has 4 heteroatoms. The first-order chi connectivity index (χ1) is 10.2. The number of rotatable bonds is 3. The number of fused-ring (bicyclic) bond motifs is 1. The second-order valence-electron chi connectivity index (χ2n) is 5.41. The zero-order valence-electron chi connectivity index (χ0n) is 12.0. The van der Waals surface area contributed by atoms with Gasteiger partial charge in [-0.25, -0.2) is 4.39 Å². The third-order valence-electron chi connectivity index (χ3n) is 4.00. The summed E-state index contributed by atoms with van der Waals surface area (Å²) in [5.41, 5.74) is 2.14. The fraction of sp³-hybridized carbons (Fsp3) is 0.412. The van der Waals surface area contributed by atoms with Crippen LogP contribution in [0.4, 0.5) is 4.39 Å². The average molecular weight is 369 g/mol. The van der Waals surface area contributed by atoms with Crippen molar-refractivity contribution in [2.24, 2.45) is 0 Å². The molecule has 112 valence electrons. The summed E-state index contributed by atoms with van der Waals surface area (Å²) in [5, 5.41) is 0. The molecular formula is C17H18BrFOS. The Labute approximate surface area is 137 Å². The van der Waals surface area contributed by atoms with Crippen molar-refractivity contribution in [2.75, 3.05) is 7.11 Å². The smallest absolute Gasteiger partial charge is 0.131 e. The van der Waals surface area contributed by atoms with E-state index in [2.05, 4.69) is 22.0 Å². The quantitative estimate of drug-likeness (QED) is 0.502. The van der Waals surface area contributed by atoms with Gasteiger partial charge in [0.15, 0.2) is 0 Å². The fourth-order valence-electron chi connectivity index (χ4n) is 2.81. The first kappa shape index (κ1) is 15.0. The topological polar surface area (TPSA) is 9.23 Å². The third-order valence-corrected chi connectivity index (χ3v) is 6.59. The van der Waals surface area contributed by atoms with Crippen LogP contribution >= 0.6 is 27.3 Å². The van der Waals surface area contributed by atoms with E-state index in [0.717, 1.165) is 6.42 Å². The Hall–Kier alpha value is -0.870. The van der Waals surface area contributed by atoms with Gasteiger partial charge in [-0.1, -0.05) is 28.4 Å². The summed E-state index contributed by atoms with van der Waals surface area (Å²) in [6.45, 7) is 0. The molecule has 1 unspecified atom stereocenters. The van der Waals surface area contributed by atoms with E-state index in [1.54, 1.807) is 13.2 Å². The van der Waals surface area contributed by atoms with Crippen molar-refractivity contribution in [1.82, 2.24) is 0 Å². The van der Waals surface area contributed by atoms with Crippen molar-refractivity contribution >= 4 is 27.3 Å². The van der Waals surface area contributed by atoms with E-state index < -0.39 is 0 Å². The normalized spacial score (nSPS) is 16.1. The van der Waals surface area contributed by atoms with E-state index in [-0.39, 0.29) is 10.6 Å². The van der Waals surface area contributed by atoms with E-state index in [1.807, 2.05) is 17.4 Å². The zero-order valence-corrected chi connectivity index (χ0v) is 14.4. The Morgan fingerprint density at radius 2 is 2.00 bits per heavy atom. The predicted octanol–water partition coefficient (Wildman–Crippen LogP) is 5.65. The van der Waals surface area contributed by atoms with E-state index in [4.69, 9.17) is 4.74 Å². The van der Waals surface area contributed by atoms with Crippen molar-refractivity contribution in [2.45, 2.75) is 36.9 Å². The molecule has 1 aliphatic carbocycles. The maximum absolute atomic E-state index is 14.2. The van der Waals surface area contributed by atoms with Gasteiger partial charge in [0.1, 0.15) is 11.6 Å². The molecule has 1 heterocycles. The Morgan fingerprint density at radius 3 is 2.76 bits per heavy atom. The Bertz CT molecular complexity index is 614. The molecule has 0 spiro atoms. The van der Waals surface area contributed by atoms with Crippen LogP contribution in [0, 0.1) is 5.82 Å². The first-order valence-electron chi connectivity index (χ1n) is 7.28. The molecule has 0 amide bonds. The molecule has 0 bridgehead atoms. The molecular weight excluding hydrogens is 351 g/mol. The van der Waals surface area contributed by atoms with Crippen LogP contribution in [0.5, 0.6) is 5.75 Å². The van der Waals surface area contributed by atoms with E-state index in [0.29, 0.717) is 11.3 Å². The van der Waals surface area contributed by atoms with Gasteiger partial charge in [-0.05, 0) is 43.4 Å². The lowest BCUT2D eigenvalue weighted by Crippen LogP contribution is -1.95. The standard InChI is InChI=1S/C17H18BrFOS/c1-20-12-7-8-13(14(19)10-12)17(18)16-9-11-5-3-2-4-6-15(11)21-16/h7-10,17H,2-6H2,1H3. The molecule has 21 heavy (non-hydrogen) atoms. The van der Waals surface area contributed by atoms with E-state index in [9.17, 15) is 4.39 Å². The first-order valence-corrected chi connectivity index (χ1v) is 9.01. The van der Waals surface area contributed by atoms with E-state index in [1.165, 1.54) is 47.1 Å². The van der Waals surface area contributed by atoms with Gasteiger partial charge in [0.25, 0.3) is 0 Å². The minimum atomic E-state index is -0.222. The number of halogens is 2. The summed E-state index contributed by atoms with van der Waals surface area (Å²) < 4.78 is 19.3. The number of benzene rings is 1. The lowest BCUT2D eigenvalue weighted by molar-refractivity contribution is 0.411. The van der Waals surface area contributed by atoms with Crippen molar-refractivity contribution in [3.05, 3.63) is 51.0 Å². The molecule has 0 radical (unpaired) electrons. The van der Waals surface area contributed by atoms with Crippen LogP contribution in [0.2, 0.25) is 0 Å². The highest BCUT2D eigenvalue weighted by Crippen LogP contribution is 2.40. The van der Waals surface area contributed by atoms with Crippen molar-refractivity contribution in [3.63, 3.8) is 0 Å². The molecule has 0 N–H and O–H groups in total. The number of hydrogen-bond acceptors (Lipinski definition) is 2. The van der Waals surface area contributed by atoms with Gasteiger partial charge < -0.3 is 4.74 Å². The summed E-state index contributed by atoms with van der Waals surface area (Å²) >= 11 is 5.49. The zero-order chi connectivity index (χ0) is 14.8. The summed E-state index contributed by atoms with van der Waals surface area (Å²) in [6.07, 6.45) is 6.20. The molecule has 1 atom stereocenters. The average Bonchev–Trinajstić information content (AvgIpc) is 2.77. The van der Waals surface area contributed by atoms with Crippen LogP contribution in [-0.2, 0) is 12.8 Å². The van der Waals surface area contributed by atoms with Crippen LogP contribution in [0.15, 0.2) is 24.3 Å². The van der Waals surface area contributed by atoms with Gasteiger partial charge in [-0.3, -0.25) is 0 Å². The lowest BCUT2D eigenvalue weighted by atomic mass is 10.1. The minimum Gasteiger partial charge on any atom is -0.497 e. The number of thiophene rings is 1. The Balaban J connectivity index is 1.90. The second-order valence-corrected chi connectivity index (χ2v) is 7.49. The highest BCUT2D eigenvalue weighted by atomic mass is 79.9. The molecule has 2 aromatic rings. The van der Waals surface area contributed by atoms with Gasteiger partial charge in [0.05, 0.1) is 11.9 Å². The molecule has 0 saturated carbocycles. The molecule has 1 aromatic carbocycles. The molecule has 1 nitrogen and oxygen atoms in total. The van der Waals surface area contributed by atoms with Gasteiger partial charge in [0.2, 0.25) is 0 Å². The second kappa shape index (κ2) is 6.49. The SMILES string of the molecule is COc1ccc(C(Br)c2cc3c(s2)CCCCC3)c(F)c1. The summed E-state index contributed by atoms with van der Waals surface area (Å²) in [4.78, 5) is 2.60.